The lowest BCUT2D eigenvalue weighted by atomic mass is 10.0. The van der Waals surface area contributed by atoms with E-state index >= 15 is 0 Å². The van der Waals surface area contributed by atoms with Crippen molar-refractivity contribution in [2.75, 3.05) is 0 Å². The quantitative estimate of drug-likeness (QED) is 0.715. The Morgan fingerprint density at radius 2 is 2.20 bits per heavy atom. The summed E-state index contributed by atoms with van der Waals surface area (Å²) in [5.41, 5.74) is 0. The summed E-state index contributed by atoms with van der Waals surface area (Å²) in [6.45, 7) is 3.94. The number of nitrogens with zero attached hydrogens (tertiary/aromatic N) is 4. The van der Waals surface area contributed by atoms with Crippen LogP contribution in [-0.2, 0) is 4.79 Å². The molecular weight excluding hydrogens is 256 g/mol. The summed E-state index contributed by atoms with van der Waals surface area (Å²) in [5, 5.41) is 10.0. The Kier molecular flexibility index (Phi) is 5.00. The first-order chi connectivity index (χ1) is 9.65. The molecule has 1 amide bonds. The van der Waals surface area contributed by atoms with Crippen LogP contribution in [0.2, 0.25) is 0 Å². The largest absolute Gasteiger partial charge is 0.391 e. The number of rotatable bonds is 7. The van der Waals surface area contributed by atoms with Crippen LogP contribution in [0.25, 0.3) is 0 Å². The van der Waals surface area contributed by atoms with Gasteiger partial charge in [-0.15, -0.1) is 0 Å². The standard InChI is InChI=1S/C14H22N4O2/c1-3-4-5-6-7-11(10(2)19)18-9-17-12-13(18)15-8-16-14(12)20/h8-12,19H,3-7H2,1-2H3. The fourth-order valence-corrected chi connectivity index (χ4v) is 2.58. The number of carbonyl (C=O) groups excluding carboxylic acids is 1. The summed E-state index contributed by atoms with van der Waals surface area (Å²) >= 11 is 0. The molecule has 3 unspecified atom stereocenters. The van der Waals surface area contributed by atoms with E-state index in [4.69, 9.17) is 0 Å². The van der Waals surface area contributed by atoms with Gasteiger partial charge in [-0.3, -0.25) is 9.79 Å². The Bertz CT molecular complexity index is 442. The van der Waals surface area contributed by atoms with Crippen LogP contribution < -0.4 is 0 Å². The number of aliphatic imine (C=N–C) groups is 3. The molecule has 0 aliphatic carbocycles. The summed E-state index contributed by atoms with van der Waals surface area (Å²) < 4.78 is 0. The molecule has 0 fully saturated rings. The third-order valence-corrected chi connectivity index (χ3v) is 3.73. The molecule has 0 radical (unpaired) electrons. The smallest absolute Gasteiger partial charge is 0.279 e. The Balaban J connectivity index is 2.03. The molecule has 0 bridgehead atoms. The predicted molar refractivity (Wildman–Crippen MR) is 79.3 cm³/mol. The molecule has 0 aromatic heterocycles. The highest BCUT2D eigenvalue weighted by Crippen LogP contribution is 2.21. The van der Waals surface area contributed by atoms with Crippen molar-refractivity contribution in [1.29, 1.82) is 0 Å². The molecule has 2 aliphatic heterocycles. The van der Waals surface area contributed by atoms with Gasteiger partial charge in [0.05, 0.1) is 18.5 Å². The SMILES string of the molecule is CCCCCCC(C(C)O)N1C=NC2C(=O)N=CN=C21. The first kappa shape index (κ1) is 14.8. The molecule has 1 N–H and O–H groups in total. The summed E-state index contributed by atoms with van der Waals surface area (Å²) in [5.74, 6) is 0.301. The zero-order valence-corrected chi connectivity index (χ0v) is 12.1. The first-order valence-electron chi connectivity index (χ1n) is 7.29. The second kappa shape index (κ2) is 6.74. The number of aliphatic hydroxyl groups excluding tert-OH is 1. The van der Waals surface area contributed by atoms with Crippen molar-refractivity contribution >= 4 is 24.4 Å². The molecule has 6 heteroatoms. The van der Waals surface area contributed by atoms with Gasteiger partial charge >= 0.3 is 0 Å². The van der Waals surface area contributed by atoms with Crippen LogP contribution in [0.4, 0.5) is 0 Å². The summed E-state index contributed by atoms with van der Waals surface area (Å²) in [4.78, 5) is 25.4. The Hall–Kier alpha value is -1.56. The average molecular weight is 278 g/mol. The van der Waals surface area contributed by atoms with Crippen molar-refractivity contribution in [3.8, 4) is 0 Å². The van der Waals surface area contributed by atoms with E-state index in [1.807, 2.05) is 4.90 Å². The lowest BCUT2D eigenvalue weighted by Gasteiger charge is -2.30. The van der Waals surface area contributed by atoms with Crippen LogP contribution in [0, 0.1) is 0 Å². The van der Waals surface area contributed by atoms with Crippen LogP contribution in [0.3, 0.4) is 0 Å². The summed E-state index contributed by atoms with van der Waals surface area (Å²) in [7, 11) is 0. The highest BCUT2D eigenvalue weighted by molar-refractivity contribution is 6.19. The third-order valence-electron chi connectivity index (χ3n) is 3.73. The Labute approximate surface area is 119 Å². The van der Waals surface area contributed by atoms with E-state index in [0.717, 1.165) is 19.3 Å². The lowest BCUT2D eigenvalue weighted by molar-refractivity contribution is -0.117. The average Bonchev–Trinajstić information content (AvgIpc) is 2.84. The predicted octanol–water partition coefficient (Wildman–Crippen LogP) is 1.39. The molecule has 0 saturated heterocycles. The van der Waals surface area contributed by atoms with E-state index in [9.17, 15) is 9.90 Å². The van der Waals surface area contributed by atoms with Crippen LogP contribution in [-0.4, -0.2) is 52.6 Å². The molecule has 3 atom stereocenters. The third kappa shape index (κ3) is 3.12. The first-order valence-corrected chi connectivity index (χ1v) is 7.29. The van der Waals surface area contributed by atoms with Gasteiger partial charge in [0, 0.05) is 0 Å². The number of hydrogen-bond donors (Lipinski definition) is 1. The van der Waals surface area contributed by atoms with Crippen molar-refractivity contribution in [1.82, 2.24) is 4.90 Å². The van der Waals surface area contributed by atoms with E-state index < -0.39 is 12.1 Å². The normalized spacial score (nSPS) is 23.8. The number of amides is 1. The lowest BCUT2D eigenvalue weighted by Crippen LogP contribution is -2.47. The second-order valence-electron chi connectivity index (χ2n) is 5.30. The van der Waals surface area contributed by atoms with Crippen LogP contribution in [0.1, 0.15) is 46.0 Å². The van der Waals surface area contributed by atoms with Crippen LogP contribution >= 0.6 is 0 Å². The minimum atomic E-state index is -0.614. The van der Waals surface area contributed by atoms with Gasteiger partial charge in [-0.2, -0.15) is 4.99 Å². The number of fused-ring (bicyclic) bond motifs is 1. The van der Waals surface area contributed by atoms with Gasteiger partial charge in [0.25, 0.3) is 5.91 Å². The Morgan fingerprint density at radius 3 is 2.90 bits per heavy atom. The number of hydrogen-bond acceptors (Lipinski definition) is 5. The van der Waals surface area contributed by atoms with Gasteiger partial charge in [0.2, 0.25) is 0 Å². The van der Waals surface area contributed by atoms with Gasteiger partial charge in [-0.1, -0.05) is 32.6 Å². The molecule has 0 aromatic carbocycles. The molecule has 2 rings (SSSR count). The van der Waals surface area contributed by atoms with E-state index in [-0.39, 0.29) is 11.9 Å². The van der Waals surface area contributed by atoms with E-state index in [1.165, 1.54) is 19.2 Å². The number of amidine groups is 1. The van der Waals surface area contributed by atoms with Crippen molar-refractivity contribution in [2.45, 2.75) is 64.1 Å². The maximum Gasteiger partial charge on any atom is 0.279 e. The molecule has 6 nitrogen and oxygen atoms in total. The molecule has 110 valence electrons. The molecular formula is C14H22N4O2. The van der Waals surface area contributed by atoms with Crippen molar-refractivity contribution < 1.29 is 9.90 Å². The highest BCUT2D eigenvalue weighted by atomic mass is 16.3. The monoisotopic (exact) mass is 278 g/mol. The van der Waals surface area contributed by atoms with E-state index in [0.29, 0.717) is 5.84 Å². The summed E-state index contributed by atoms with van der Waals surface area (Å²) in [6.07, 6.45) is 7.84. The maximum absolute atomic E-state index is 11.6. The van der Waals surface area contributed by atoms with Crippen LogP contribution in [0.15, 0.2) is 15.0 Å². The maximum atomic E-state index is 11.6. The zero-order chi connectivity index (χ0) is 14.5. The van der Waals surface area contributed by atoms with Gasteiger partial charge < -0.3 is 10.0 Å². The van der Waals surface area contributed by atoms with Crippen molar-refractivity contribution in [3.63, 3.8) is 0 Å². The van der Waals surface area contributed by atoms with Crippen molar-refractivity contribution in [2.24, 2.45) is 15.0 Å². The number of aliphatic hydroxyl groups is 1. The van der Waals surface area contributed by atoms with Gasteiger partial charge in [-0.25, -0.2) is 4.99 Å². The number of carbonyl (C=O) groups is 1. The molecule has 0 spiro atoms. The van der Waals surface area contributed by atoms with Gasteiger partial charge in [0.1, 0.15) is 12.2 Å². The van der Waals surface area contributed by atoms with Gasteiger partial charge in [0.15, 0.2) is 6.04 Å². The zero-order valence-electron chi connectivity index (χ0n) is 12.1. The summed E-state index contributed by atoms with van der Waals surface area (Å²) in [6, 6.07) is -0.699. The van der Waals surface area contributed by atoms with E-state index in [1.54, 1.807) is 13.3 Å². The number of unbranched alkanes of at least 4 members (excludes halogenated alkanes) is 3. The molecule has 0 aromatic rings. The minimum absolute atomic E-state index is 0.0846. The highest BCUT2D eigenvalue weighted by Gasteiger charge is 2.37. The van der Waals surface area contributed by atoms with Crippen LogP contribution in [0.5, 0.6) is 0 Å². The van der Waals surface area contributed by atoms with Gasteiger partial charge in [-0.05, 0) is 13.3 Å². The topological polar surface area (TPSA) is 77.6 Å². The van der Waals surface area contributed by atoms with Crippen molar-refractivity contribution in [3.05, 3.63) is 0 Å². The minimum Gasteiger partial charge on any atom is -0.391 e. The van der Waals surface area contributed by atoms with E-state index in [2.05, 4.69) is 21.9 Å². The second-order valence-corrected chi connectivity index (χ2v) is 5.30. The fourth-order valence-electron chi connectivity index (χ4n) is 2.58. The molecule has 2 aliphatic rings. The molecule has 2 heterocycles. The molecule has 0 saturated carbocycles. The molecule has 20 heavy (non-hydrogen) atoms. The fraction of sp³-hybridized carbons (Fsp3) is 0.714. The Morgan fingerprint density at radius 1 is 1.40 bits per heavy atom.